The third-order valence-corrected chi connectivity index (χ3v) is 3.27. The summed E-state index contributed by atoms with van der Waals surface area (Å²) in [4.78, 5) is 16.3. The first-order chi connectivity index (χ1) is 9.70. The van der Waals surface area contributed by atoms with Crippen LogP contribution in [0.3, 0.4) is 0 Å². The smallest absolute Gasteiger partial charge is 0.255 e. The summed E-state index contributed by atoms with van der Waals surface area (Å²) < 4.78 is 0. The van der Waals surface area contributed by atoms with E-state index in [2.05, 4.69) is 15.6 Å². The second-order valence-corrected chi connectivity index (χ2v) is 5.25. The number of hydrogen-bond donors (Lipinski definition) is 2. The van der Waals surface area contributed by atoms with Crippen molar-refractivity contribution in [3.05, 3.63) is 53.2 Å². The van der Waals surface area contributed by atoms with Crippen molar-refractivity contribution in [3.8, 4) is 0 Å². The number of carbonyl (C=O) groups excluding carboxylic acids is 1. The molecule has 1 fully saturated rings. The van der Waals surface area contributed by atoms with E-state index in [4.69, 9.17) is 11.6 Å². The van der Waals surface area contributed by atoms with Crippen LogP contribution in [0.1, 0.15) is 23.2 Å². The van der Waals surface area contributed by atoms with Crippen LogP contribution in [0, 0.1) is 0 Å². The maximum Gasteiger partial charge on any atom is 0.255 e. The first kappa shape index (κ1) is 12.9. The minimum absolute atomic E-state index is 0.197. The van der Waals surface area contributed by atoms with E-state index in [0.29, 0.717) is 22.3 Å². The molecular weight excluding hydrogens is 274 g/mol. The number of hydrogen-bond acceptors (Lipinski definition) is 3. The Labute approximate surface area is 122 Å². The summed E-state index contributed by atoms with van der Waals surface area (Å²) in [6.45, 7) is 0. The van der Waals surface area contributed by atoms with E-state index in [1.165, 1.54) is 12.8 Å². The van der Waals surface area contributed by atoms with Crippen molar-refractivity contribution in [2.45, 2.75) is 18.9 Å². The number of carbonyl (C=O) groups is 1. The summed E-state index contributed by atoms with van der Waals surface area (Å²) >= 11 is 5.87. The van der Waals surface area contributed by atoms with E-state index in [1.54, 1.807) is 30.5 Å². The van der Waals surface area contributed by atoms with Gasteiger partial charge in [-0.3, -0.25) is 4.79 Å². The molecule has 0 saturated heterocycles. The van der Waals surface area contributed by atoms with Gasteiger partial charge in [-0.05, 0) is 43.2 Å². The number of anilines is 2. The molecule has 2 N–H and O–H groups in total. The number of rotatable bonds is 4. The lowest BCUT2D eigenvalue weighted by Crippen LogP contribution is -2.12. The van der Waals surface area contributed by atoms with Crippen molar-refractivity contribution in [1.82, 2.24) is 4.98 Å². The fourth-order valence-corrected chi connectivity index (χ4v) is 2.01. The number of nitrogens with one attached hydrogen (secondary N) is 2. The average molecular weight is 288 g/mol. The first-order valence-electron chi connectivity index (χ1n) is 6.50. The first-order valence-corrected chi connectivity index (χ1v) is 6.88. The summed E-state index contributed by atoms with van der Waals surface area (Å²) in [5.74, 6) is 0.644. The van der Waals surface area contributed by atoms with Gasteiger partial charge < -0.3 is 10.6 Å². The van der Waals surface area contributed by atoms with E-state index in [0.717, 1.165) is 5.82 Å². The zero-order valence-electron chi connectivity index (χ0n) is 10.8. The molecule has 5 heteroatoms. The van der Waals surface area contributed by atoms with E-state index in [-0.39, 0.29) is 5.91 Å². The molecule has 1 aliphatic rings. The number of aromatic nitrogens is 1. The molecule has 2 aromatic rings. The van der Waals surface area contributed by atoms with E-state index in [1.807, 2.05) is 12.1 Å². The van der Waals surface area contributed by atoms with Gasteiger partial charge in [-0.1, -0.05) is 17.7 Å². The largest absolute Gasteiger partial charge is 0.367 e. The predicted octanol–water partition coefficient (Wildman–Crippen LogP) is 3.56. The van der Waals surface area contributed by atoms with Crippen LogP contribution < -0.4 is 10.6 Å². The molecule has 3 rings (SSSR count). The summed E-state index contributed by atoms with van der Waals surface area (Å²) in [6, 6.07) is 11.1. The fraction of sp³-hybridized carbons (Fsp3) is 0.200. The lowest BCUT2D eigenvalue weighted by atomic mass is 10.2. The SMILES string of the molecule is O=C(Nc1ccc(NC2CC2)nc1)c1cccc(Cl)c1. The number of nitrogens with zero attached hydrogens (tertiary/aromatic N) is 1. The van der Waals surface area contributed by atoms with Gasteiger partial charge in [0.1, 0.15) is 5.82 Å². The zero-order valence-corrected chi connectivity index (χ0v) is 11.5. The highest BCUT2D eigenvalue weighted by Gasteiger charge is 2.21. The quantitative estimate of drug-likeness (QED) is 0.904. The molecule has 0 aliphatic heterocycles. The average Bonchev–Trinajstić information content (AvgIpc) is 3.25. The Morgan fingerprint density at radius 1 is 1.25 bits per heavy atom. The van der Waals surface area contributed by atoms with Crippen molar-refractivity contribution in [3.63, 3.8) is 0 Å². The number of halogens is 1. The van der Waals surface area contributed by atoms with Gasteiger partial charge in [-0.15, -0.1) is 0 Å². The topological polar surface area (TPSA) is 54.0 Å². The van der Waals surface area contributed by atoms with Crippen LogP contribution in [0.25, 0.3) is 0 Å². The number of amides is 1. The van der Waals surface area contributed by atoms with E-state index in [9.17, 15) is 4.79 Å². The highest BCUT2D eigenvalue weighted by Crippen LogP contribution is 2.24. The van der Waals surface area contributed by atoms with Crippen molar-refractivity contribution >= 4 is 29.0 Å². The Kier molecular flexibility index (Phi) is 3.56. The Morgan fingerprint density at radius 2 is 2.10 bits per heavy atom. The van der Waals surface area contributed by atoms with Gasteiger partial charge >= 0.3 is 0 Å². The van der Waals surface area contributed by atoms with Gasteiger partial charge in [0.25, 0.3) is 5.91 Å². The van der Waals surface area contributed by atoms with Gasteiger partial charge in [0, 0.05) is 16.6 Å². The predicted molar refractivity (Wildman–Crippen MR) is 80.3 cm³/mol. The molecule has 102 valence electrons. The lowest BCUT2D eigenvalue weighted by molar-refractivity contribution is 0.102. The van der Waals surface area contributed by atoms with Crippen LogP contribution in [-0.2, 0) is 0 Å². The Balaban J connectivity index is 1.65. The highest BCUT2D eigenvalue weighted by atomic mass is 35.5. The molecule has 1 amide bonds. The maximum atomic E-state index is 12.0. The van der Waals surface area contributed by atoms with Gasteiger partial charge in [-0.2, -0.15) is 0 Å². The molecule has 1 aliphatic carbocycles. The molecule has 0 bridgehead atoms. The van der Waals surface area contributed by atoms with Crippen LogP contribution >= 0.6 is 11.6 Å². The van der Waals surface area contributed by atoms with Gasteiger partial charge in [0.15, 0.2) is 0 Å². The zero-order chi connectivity index (χ0) is 13.9. The van der Waals surface area contributed by atoms with Crippen molar-refractivity contribution in [2.75, 3.05) is 10.6 Å². The van der Waals surface area contributed by atoms with Gasteiger partial charge in [-0.25, -0.2) is 4.98 Å². The highest BCUT2D eigenvalue weighted by molar-refractivity contribution is 6.31. The van der Waals surface area contributed by atoms with Crippen molar-refractivity contribution in [1.29, 1.82) is 0 Å². The monoisotopic (exact) mass is 287 g/mol. The van der Waals surface area contributed by atoms with E-state index < -0.39 is 0 Å². The molecule has 20 heavy (non-hydrogen) atoms. The molecule has 1 aromatic heterocycles. The molecule has 0 spiro atoms. The molecule has 1 heterocycles. The summed E-state index contributed by atoms with van der Waals surface area (Å²) in [5.41, 5.74) is 1.19. The molecule has 0 unspecified atom stereocenters. The standard InChI is InChI=1S/C15H14ClN3O/c16-11-3-1-2-10(8-11)15(20)19-13-6-7-14(17-9-13)18-12-4-5-12/h1-3,6-9,12H,4-5H2,(H,17,18)(H,19,20). The Hall–Kier alpha value is -2.07. The minimum Gasteiger partial charge on any atom is -0.367 e. The third-order valence-electron chi connectivity index (χ3n) is 3.04. The molecule has 1 saturated carbocycles. The van der Waals surface area contributed by atoms with Crippen LogP contribution in [0.5, 0.6) is 0 Å². The lowest BCUT2D eigenvalue weighted by Gasteiger charge is -2.07. The molecule has 1 aromatic carbocycles. The van der Waals surface area contributed by atoms with Crippen LogP contribution in [-0.4, -0.2) is 16.9 Å². The van der Waals surface area contributed by atoms with Crippen LogP contribution in [0.2, 0.25) is 5.02 Å². The van der Waals surface area contributed by atoms with Crippen LogP contribution in [0.4, 0.5) is 11.5 Å². The van der Waals surface area contributed by atoms with Crippen LogP contribution in [0.15, 0.2) is 42.6 Å². The minimum atomic E-state index is -0.197. The second-order valence-electron chi connectivity index (χ2n) is 4.82. The maximum absolute atomic E-state index is 12.0. The van der Waals surface area contributed by atoms with E-state index >= 15 is 0 Å². The Bertz CT molecular complexity index is 623. The third kappa shape index (κ3) is 3.27. The van der Waals surface area contributed by atoms with Crippen molar-refractivity contribution in [2.24, 2.45) is 0 Å². The second kappa shape index (κ2) is 5.51. The molecule has 0 radical (unpaired) electrons. The summed E-state index contributed by atoms with van der Waals surface area (Å²) in [5, 5.41) is 6.63. The number of pyridine rings is 1. The Morgan fingerprint density at radius 3 is 2.75 bits per heavy atom. The van der Waals surface area contributed by atoms with Gasteiger partial charge in [0.05, 0.1) is 11.9 Å². The van der Waals surface area contributed by atoms with Gasteiger partial charge in [0.2, 0.25) is 0 Å². The van der Waals surface area contributed by atoms with Crippen molar-refractivity contribution < 1.29 is 4.79 Å². The molecular formula is C15H14ClN3O. The normalized spacial score (nSPS) is 13.8. The number of benzene rings is 1. The summed E-state index contributed by atoms with van der Waals surface area (Å²) in [6.07, 6.45) is 4.05. The molecule has 4 nitrogen and oxygen atoms in total. The molecule has 0 atom stereocenters. The fourth-order valence-electron chi connectivity index (χ4n) is 1.82. The summed E-state index contributed by atoms with van der Waals surface area (Å²) in [7, 11) is 0.